The number of hydrogen-bond donors (Lipinski definition) is 2. The van der Waals surface area contributed by atoms with Gasteiger partial charge in [0.25, 0.3) is 0 Å². The largest absolute Gasteiger partial charge is 0.378 e. The molecule has 2 heterocycles. The van der Waals surface area contributed by atoms with Crippen LogP contribution in [0.25, 0.3) is 0 Å². The van der Waals surface area contributed by atoms with Crippen molar-refractivity contribution >= 4 is 0 Å². The highest BCUT2D eigenvalue weighted by Crippen LogP contribution is 2.10. The predicted molar refractivity (Wildman–Crippen MR) is 43.9 cm³/mol. The molecule has 2 rings (SSSR count). The fraction of sp³-hybridized carbons (Fsp3) is 1.00. The summed E-state index contributed by atoms with van der Waals surface area (Å²) >= 11 is 0. The minimum atomic E-state index is -0.737. The maximum Gasteiger partial charge on any atom is 0.128 e. The Hall–Kier alpha value is -0.190. The summed E-state index contributed by atoms with van der Waals surface area (Å²) in [5, 5.41) is 6.29. The third kappa shape index (κ3) is 1.76. The first-order valence-corrected chi connectivity index (χ1v) is 4.55. The van der Waals surface area contributed by atoms with Crippen LogP contribution in [0.15, 0.2) is 0 Å². The van der Waals surface area contributed by atoms with Crippen LogP contribution in [-0.2, 0) is 4.74 Å². The quantitative estimate of drug-likeness (QED) is 0.601. The Kier molecular flexibility index (Phi) is 2.58. The van der Waals surface area contributed by atoms with E-state index < -0.39 is 6.17 Å². The average Bonchev–Trinajstić information content (AvgIpc) is 2.00. The third-order valence-corrected chi connectivity index (χ3v) is 2.50. The Morgan fingerprint density at radius 2 is 2.25 bits per heavy atom. The van der Waals surface area contributed by atoms with Crippen molar-refractivity contribution in [2.75, 3.05) is 26.3 Å². The van der Waals surface area contributed by atoms with Crippen LogP contribution >= 0.6 is 0 Å². The molecule has 2 aliphatic heterocycles. The van der Waals surface area contributed by atoms with E-state index in [4.69, 9.17) is 4.74 Å². The van der Waals surface area contributed by atoms with Crippen molar-refractivity contribution < 1.29 is 9.13 Å². The smallest absolute Gasteiger partial charge is 0.128 e. The average molecular weight is 174 g/mol. The van der Waals surface area contributed by atoms with Crippen LogP contribution in [0, 0.1) is 0 Å². The molecule has 0 aliphatic carbocycles. The van der Waals surface area contributed by atoms with E-state index in [9.17, 15) is 4.39 Å². The molecule has 0 radical (unpaired) electrons. The summed E-state index contributed by atoms with van der Waals surface area (Å²) in [6, 6.07) is 0.437. The van der Waals surface area contributed by atoms with Gasteiger partial charge in [-0.3, -0.25) is 0 Å². The second kappa shape index (κ2) is 3.68. The first kappa shape index (κ1) is 8.41. The molecule has 0 amide bonds. The van der Waals surface area contributed by atoms with Crippen LogP contribution in [-0.4, -0.2) is 44.6 Å². The maximum absolute atomic E-state index is 13.2. The Morgan fingerprint density at radius 3 is 2.83 bits per heavy atom. The van der Waals surface area contributed by atoms with Gasteiger partial charge < -0.3 is 15.4 Å². The van der Waals surface area contributed by atoms with Crippen molar-refractivity contribution in [3.8, 4) is 0 Å². The Balaban J connectivity index is 1.76. The first-order chi connectivity index (χ1) is 5.86. The van der Waals surface area contributed by atoms with Crippen LogP contribution in [0.2, 0.25) is 0 Å². The van der Waals surface area contributed by atoms with Gasteiger partial charge in [0.05, 0.1) is 19.3 Å². The second-order valence-electron chi connectivity index (χ2n) is 3.52. The first-order valence-electron chi connectivity index (χ1n) is 4.55. The van der Waals surface area contributed by atoms with Crippen molar-refractivity contribution in [2.45, 2.75) is 24.7 Å². The van der Waals surface area contributed by atoms with Gasteiger partial charge in [0.15, 0.2) is 0 Å². The SMILES string of the molecule is FC1CNCCC1NC1COC1. The van der Waals surface area contributed by atoms with Gasteiger partial charge in [-0.05, 0) is 13.0 Å². The number of alkyl halides is 1. The Morgan fingerprint density at radius 1 is 1.42 bits per heavy atom. The molecule has 3 nitrogen and oxygen atoms in total. The molecule has 12 heavy (non-hydrogen) atoms. The zero-order chi connectivity index (χ0) is 8.39. The van der Waals surface area contributed by atoms with E-state index in [1.807, 2.05) is 0 Å². The molecule has 0 saturated carbocycles. The standard InChI is InChI=1S/C8H15FN2O/c9-7-3-10-2-1-8(7)11-6-4-12-5-6/h6-8,10-11H,1-5H2. The van der Waals surface area contributed by atoms with E-state index in [1.165, 1.54) is 0 Å². The lowest BCUT2D eigenvalue weighted by molar-refractivity contribution is -0.0166. The van der Waals surface area contributed by atoms with E-state index in [0.717, 1.165) is 26.2 Å². The summed E-state index contributed by atoms with van der Waals surface area (Å²) in [5.74, 6) is 0. The van der Waals surface area contributed by atoms with E-state index in [1.54, 1.807) is 0 Å². The normalized spacial score (nSPS) is 37.8. The van der Waals surface area contributed by atoms with E-state index in [0.29, 0.717) is 12.6 Å². The summed E-state index contributed by atoms with van der Waals surface area (Å²) in [6.07, 6.45) is 0.150. The molecule has 0 aromatic carbocycles. The molecule has 0 bridgehead atoms. The minimum absolute atomic E-state index is 0.0418. The molecular weight excluding hydrogens is 159 g/mol. The fourth-order valence-electron chi connectivity index (χ4n) is 1.64. The van der Waals surface area contributed by atoms with Gasteiger partial charge in [-0.15, -0.1) is 0 Å². The van der Waals surface area contributed by atoms with E-state index in [-0.39, 0.29) is 6.04 Å². The molecule has 0 aromatic rings. The highest BCUT2D eigenvalue weighted by atomic mass is 19.1. The van der Waals surface area contributed by atoms with Crippen LogP contribution in [0.5, 0.6) is 0 Å². The maximum atomic E-state index is 13.2. The summed E-state index contributed by atoms with van der Waals surface area (Å²) in [7, 11) is 0. The van der Waals surface area contributed by atoms with Crippen LogP contribution in [0.4, 0.5) is 4.39 Å². The van der Waals surface area contributed by atoms with Gasteiger partial charge in [-0.25, -0.2) is 4.39 Å². The van der Waals surface area contributed by atoms with E-state index in [2.05, 4.69) is 10.6 Å². The zero-order valence-corrected chi connectivity index (χ0v) is 7.05. The molecular formula is C8H15FN2O. The van der Waals surface area contributed by atoms with Crippen LogP contribution in [0.3, 0.4) is 0 Å². The van der Waals surface area contributed by atoms with Crippen LogP contribution < -0.4 is 10.6 Å². The molecule has 2 saturated heterocycles. The third-order valence-electron chi connectivity index (χ3n) is 2.50. The highest BCUT2D eigenvalue weighted by Gasteiger charge is 2.29. The van der Waals surface area contributed by atoms with Crippen molar-refractivity contribution in [2.24, 2.45) is 0 Å². The number of halogens is 1. The van der Waals surface area contributed by atoms with Crippen LogP contribution in [0.1, 0.15) is 6.42 Å². The van der Waals surface area contributed by atoms with Crippen molar-refractivity contribution in [3.63, 3.8) is 0 Å². The predicted octanol–water partition coefficient (Wildman–Crippen LogP) is -0.325. The number of hydrogen-bond acceptors (Lipinski definition) is 3. The summed E-state index contributed by atoms with van der Waals surface area (Å²) in [4.78, 5) is 0. The lowest BCUT2D eigenvalue weighted by Crippen LogP contribution is -2.57. The molecule has 2 aliphatic rings. The molecule has 2 atom stereocenters. The Labute approximate surface area is 71.7 Å². The lowest BCUT2D eigenvalue weighted by atomic mass is 10.0. The van der Waals surface area contributed by atoms with Gasteiger partial charge in [0.2, 0.25) is 0 Å². The van der Waals surface area contributed by atoms with Crippen molar-refractivity contribution in [1.82, 2.24) is 10.6 Å². The molecule has 2 N–H and O–H groups in total. The molecule has 2 unspecified atom stereocenters. The van der Waals surface area contributed by atoms with Gasteiger partial charge in [0, 0.05) is 12.6 Å². The van der Waals surface area contributed by atoms with Gasteiger partial charge in [0.1, 0.15) is 6.17 Å². The van der Waals surface area contributed by atoms with E-state index >= 15 is 0 Å². The second-order valence-corrected chi connectivity index (χ2v) is 3.52. The van der Waals surface area contributed by atoms with Crippen molar-refractivity contribution in [1.29, 1.82) is 0 Å². The molecule has 0 spiro atoms. The molecule has 2 fully saturated rings. The molecule has 4 heteroatoms. The number of ether oxygens (including phenoxy) is 1. The summed E-state index contributed by atoms with van der Waals surface area (Å²) in [5.41, 5.74) is 0. The van der Waals surface area contributed by atoms with Gasteiger partial charge in [-0.2, -0.15) is 0 Å². The monoisotopic (exact) mass is 174 g/mol. The summed E-state index contributed by atoms with van der Waals surface area (Å²) in [6.45, 7) is 2.91. The zero-order valence-electron chi connectivity index (χ0n) is 7.05. The number of rotatable bonds is 2. The molecule has 0 aromatic heterocycles. The molecule has 70 valence electrons. The minimum Gasteiger partial charge on any atom is -0.378 e. The topological polar surface area (TPSA) is 33.3 Å². The fourth-order valence-corrected chi connectivity index (χ4v) is 1.64. The van der Waals surface area contributed by atoms with Gasteiger partial charge >= 0.3 is 0 Å². The summed E-state index contributed by atoms with van der Waals surface area (Å²) < 4.78 is 18.2. The highest BCUT2D eigenvalue weighted by molar-refractivity contribution is 4.87. The number of nitrogens with one attached hydrogen (secondary N) is 2. The number of piperidine rings is 1. The Bertz CT molecular complexity index is 152. The van der Waals surface area contributed by atoms with Crippen molar-refractivity contribution in [3.05, 3.63) is 0 Å². The lowest BCUT2D eigenvalue weighted by Gasteiger charge is -2.35. The van der Waals surface area contributed by atoms with Gasteiger partial charge in [-0.1, -0.05) is 0 Å².